The van der Waals surface area contributed by atoms with Crippen LogP contribution in [0.25, 0.3) is 0 Å². The molecule has 0 fully saturated rings. The molecule has 2 heterocycles. The molecule has 2 rings (SSSR count). The molecule has 0 aliphatic rings. The first kappa shape index (κ1) is 10.3. The van der Waals surface area contributed by atoms with Crippen LogP contribution in [0.2, 0.25) is 0 Å². The average Bonchev–Trinajstić information content (AvgIpc) is 2.73. The summed E-state index contributed by atoms with van der Waals surface area (Å²) in [6.45, 7) is 2.07. The Balaban J connectivity index is 2.27. The number of nitrogens with one attached hydrogen (secondary N) is 2. The fourth-order valence-corrected chi connectivity index (χ4v) is 2.10. The fraction of sp³-hybridized carbons (Fsp3) is 0.375. The Labute approximate surface area is 96.1 Å². The number of aromatic nitrogens is 4. The zero-order valence-electron chi connectivity index (χ0n) is 8.44. The topological polar surface area (TPSA) is 58.5 Å². The van der Waals surface area contributed by atoms with E-state index in [1.165, 1.54) is 11.3 Å². The molecule has 0 saturated heterocycles. The van der Waals surface area contributed by atoms with E-state index in [0.29, 0.717) is 3.95 Å². The van der Waals surface area contributed by atoms with Gasteiger partial charge >= 0.3 is 0 Å². The van der Waals surface area contributed by atoms with Crippen molar-refractivity contribution in [2.75, 3.05) is 5.32 Å². The predicted octanol–water partition coefficient (Wildman–Crippen LogP) is 2.24. The number of aryl methyl sites for hydroxylation is 2. The summed E-state index contributed by atoms with van der Waals surface area (Å²) < 4.78 is 2.45. The molecule has 2 aromatic rings. The molecule has 7 heteroatoms. The first-order valence-electron chi connectivity index (χ1n) is 4.54. The van der Waals surface area contributed by atoms with Crippen LogP contribution in [0.5, 0.6) is 0 Å². The maximum atomic E-state index is 4.96. The quantitative estimate of drug-likeness (QED) is 0.809. The standard InChI is InChI=1S/C8H11N5S2/c1-3-5-6(4-13(2)12-5)9-7-10-11-8(14)15-7/h4H,3H2,1-2H3,(H,9,10)(H,11,14). The molecule has 15 heavy (non-hydrogen) atoms. The summed E-state index contributed by atoms with van der Waals surface area (Å²) in [7, 11) is 1.90. The molecule has 0 spiro atoms. The minimum Gasteiger partial charge on any atom is -0.327 e. The monoisotopic (exact) mass is 241 g/mol. The predicted molar refractivity (Wildman–Crippen MR) is 63.2 cm³/mol. The maximum absolute atomic E-state index is 4.96. The smallest absolute Gasteiger partial charge is 0.208 e. The van der Waals surface area contributed by atoms with Crippen LogP contribution in [-0.2, 0) is 13.5 Å². The molecule has 80 valence electrons. The van der Waals surface area contributed by atoms with Gasteiger partial charge in [0.15, 0.2) is 3.95 Å². The Morgan fingerprint density at radius 1 is 1.67 bits per heavy atom. The lowest BCUT2D eigenvalue weighted by Crippen LogP contribution is -1.92. The van der Waals surface area contributed by atoms with E-state index in [4.69, 9.17) is 12.2 Å². The lowest BCUT2D eigenvalue weighted by molar-refractivity contribution is 0.746. The summed E-state index contributed by atoms with van der Waals surface area (Å²) in [5.74, 6) is 0. The molecule has 2 N–H and O–H groups in total. The molecule has 0 radical (unpaired) electrons. The van der Waals surface area contributed by atoms with Crippen molar-refractivity contribution in [2.24, 2.45) is 7.05 Å². The van der Waals surface area contributed by atoms with Gasteiger partial charge in [-0.2, -0.15) is 5.10 Å². The Morgan fingerprint density at radius 3 is 3.07 bits per heavy atom. The van der Waals surface area contributed by atoms with Gasteiger partial charge in [0.1, 0.15) is 0 Å². The molecule has 0 aliphatic carbocycles. The van der Waals surface area contributed by atoms with Crippen molar-refractivity contribution in [1.29, 1.82) is 0 Å². The van der Waals surface area contributed by atoms with Gasteiger partial charge in [-0.25, -0.2) is 0 Å². The summed E-state index contributed by atoms with van der Waals surface area (Å²) in [4.78, 5) is 0. The number of H-pyrrole nitrogens is 1. The highest BCUT2D eigenvalue weighted by atomic mass is 32.1. The molecule has 0 aromatic carbocycles. The van der Waals surface area contributed by atoms with Gasteiger partial charge < -0.3 is 5.32 Å². The summed E-state index contributed by atoms with van der Waals surface area (Å²) in [5, 5.41) is 15.0. The van der Waals surface area contributed by atoms with Crippen LogP contribution in [0.15, 0.2) is 6.20 Å². The summed E-state index contributed by atoms with van der Waals surface area (Å²) in [5.41, 5.74) is 2.01. The molecule has 0 saturated carbocycles. The van der Waals surface area contributed by atoms with Crippen LogP contribution in [0.1, 0.15) is 12.6 Å². The van der Waals surface area contributed by atoms with Crippen LogP contribution in [0.3, 0.4) is 0 Å². The Bertz CT molecular complexity index is 509. The molecular weight excluding hydrogens is 230 g/mol. The highest BCUT2D eigenvalue weighted by molar-refractivity contribution is 7.73. The molecule has 0 amide bonds. The number of aromatic amines is 1. The van der Waals surface area contributed by atoms with Gasteiger partial charge in [0.2, 0.25) is 5.13 Å². The summed E-state index contributed by atoms with van der Waals surface area (Å²) in [6, 6.07) is 0. The molecular formula is C8H11N5S2. The number of rotatable bonds is 3. The second kappa shape index (κ2) is 4.11. The molecule has 0 bridgehead atoms. The van der Waals surface area contributed by atoms with E-state index < -0.39 is 0 Å². The Hall–Kier alpha value is -1.21. The molecule has 2 aromatic heterocycles. The third-order valence-electron chi connectivity index (χ3n) is 1.92. The molecule has 0 aliphatic heterocycles. The van der Waals surface area contributed by atoms with Crippen LogP contribution in [0, 0.1) is 3.95 Å². The van der Waals surface area contributed by atoms with Gasteiger partial charge in [0.05, 0.1) is 11.4 Å². The molecule has 5 nitrogen and oxygen atoms in total. The highest BCUT2D eigenvalue weighted by Crippen LogP contribution is 2.21. The Kier molecular flexibility index (Phi) is 2.83. The van der Waals surface area contributed by atoms with Gasteiger partial charge in [-0.1, -0.05) is 18.3 Å². The molecule has 0 atom stereocenters. The summed E-state index contributed by atoms with van der Waals surface area (Å²) >= 11 is 6.37. The van der Waals surface area contributed by atoms with E-state index in [0.717, 1.165) is 22.9 Å². The van der Waals surface area contributed by atoms with E-state index in [1.54, 1.807) is 4.68 Å². The number of nitrogens with zero attached hydrogens (tertiary/aromatic N) is 3. The van der Waals surface area contributed by atoms with Crippen molar-refractivity contribution < 1.29 is 0 Å². The van der Waals surface area contributed by atoms with Gasteiger partial charge in [0, 0.05) is 13.2 Å². The lowest BCUT2D eigenvalue weighted by Gasteiger charge is -1.98. The van der Waals surface area contributed by atoms with Gasteiger partial charge in [-0.15, -0.1) is 5.10 Å². The van der Waals surface area contributed by atoms with Gasteiger partial charge in [-0.3, -0.25) is 9.78 Å². The van der Waals surface area contributed by atoms with E-state index in [1.807, 2.05) is 13.2 Å². The van der Waals surface area contributed by atoms with E-state index in [-0.39, 0.29) is 0 Å². The Morgan fingerprint density at radius 2 is 2.47 bits per heavy atom. The second-order valence-electron chi connectivity index (χ2n) is 3.06. The minimum atomic E-state index is 0.666. The molecule has 0 unspecified atom stereocenters. The van der Waals surface area contributed by atoms with Crippen LogP contribution in [0.4, 0.5) is 10.8 Å². The minimum absolute atomic E-state index is 0.666. The number of hydrogen-bond acceptors (Lipinski definition) is 5. The summed E-state index contributed by atoms with van der Waals surface area (Å²) in [6.07, 6.45) is 2.82. The van der Waals surface area contributed by atoms with Crippen molar-refractivity contribution in [3.8, 4) is 0 Å². The number of hydrogen-bond donors (Lipinski definition) is 2. The number of anilines is 2. The van der Waals surface area contributed by atoms with E-state index in [2.05, 4.69) is 27.5 Å². The SMILES string of the molecule is CCc1nn(C)cc1Nc1n[nH]c(=S)s1. The van der Waals surface area contributed by atoms with Crippen LogP contribution >= 0.6 is 23.6 Å². The third kappa shape index (κ3) is 2.24. The van der Waals surface area contributed by atoms with Crippen LogP contribution < -0.4 is 5.32 Å². The van der Waals surface area contributed by atoms with Crippen molar-refractivity contribution >= 4 is 34.4 Å². The van der Waals surface area contributed by atoms with Crippen molar-refractivity contribution in [3.05, 3.63) is 15.8 Å². The second-order valence-corrected chi connectivity index (χ2v) is 4.73. The van der Waals surface area contributed by atoms with Crippen molar-refractivity contribution in [1.82, 2.24) is 20.0 Å². The first-order valence-corrected chi connectivity index (χ1v) is 5.76. The van der Waals surface area contributed by atoms with E-state index in [9.17, 15) is 0 Å². The van der Waals surface area contributed by atoms with Crippen molar-refractivity contribution in [2.45, 2.75) is 13.3 Å². The third-order valence-corrected chi connectivity index (χ3v) is 2.92. The normalized spacial score (nSPS) is 10.5. The fourth-order valence-electron chi connectivity index (χ4n) is 1.30. The van der Waals surface area contributed by atoms with Gasteiger partial charge in [-0.05, 0) is 18.6 Å². The van der Waals surface area contributed by atoms with Gasteiger partial charge in [0.25, 0.3) is 0 Å². The van der Waals surface area contributed by atoms with Crippen molar-refractivity contribution in [3.63, 3.8) is 0 Å². The van der Waals surface area contributed by atoms with Crippen LogP contribution in [-0.4, -0.2) is 20.0 Å². The average molecular weight is 241 g/mol. The zero-order chi connectivity index (χ0) is 10.8. The highest BCUT2D eigenvalue weighted by Gasteiger charge is 2.07. The zero-order valence-corrected chi connectivity index (χ0v) is 10.1. The maximum Gasteiger partial charge on any atom is 0.208 e. The lowest BCUT2D eigenvalue weighted by atomic mass is 10.3. The van der Waals surface area contributed by atoms with E-state index >= 15 is 0 Å². The first-order chi connectivity index (χ1) is 7.19. The largest absolute Gasteiger partial charge is 0.327 e.